The van der Waals surface area contributed by atoms with Crippen molar-refractivity contribution in [3.63, 3.8) is 0 Å². The molecule has 0 spiro atoms. The summed E-state index contributed by atoms with van der Waals surface area (Å²) in [5.41, 5.74) is 2.26. The molecule has 1 unspecified atom stereocenters. The standard InChI is InChI=1S/C10H11NO2/c1-13-10(12)8-3-2-7-4-5-11-6-9(7)8/h4-6,8H,2-3H2,1H3. The van der Waals surface area contributed by atoms with E-state index in [2.05, 4.69) is 4.98 Å². The molecule has 3 nitrogen and oxygen atoms in total. The van der Waals surface area contributed by atoms with Crippen LogP contribution in [0.2, 0.25) is 0 Å². The van der Waals surface area contributed by atoms with Gasteiger partial charge < -0.3 is 4.74 Å². The summed E-state index contributed by atoms with van der Waals surface area (Å²) in [5.74, 6) is -0.236. The first kappa shape index (κ1) is 8.23. The third kappa shape index (κ3) is 1.30. The summed E-state index contributed by atoms with van der Waals surface area (Å²) in [7, 11) is 1.43. The van der Waals surface area contributed by atoms with Crippen LogP contribution in [0.5, 0.6) is 0 Å². The number of aryl methyl sites for hydroxylation is 1. The summed E-state index contributed by atoms with van der Waals surface area (Å²) in [6, 6.07) is 1.97. The Morgan fingerprint density at radius 2 is 2.54 bits per heavy atom. The lowest BCUT2D eigenvalue weighted by Gasteiger charge is -2.07. The number of esters is 1. The number of carbonyl (C=O) groups excluding carboxylic acids is 1. The molecule has 3 heteroatoms. The first-order valence-corrected chi connectivity index (χ1v) is 4.33. The van der Waals surface area contributed by atoms with E-state index in [1.807, 2.05) is 6.07 Å². The van der Waals surface area contributed by atoms with Crippen molar-refractivity contribution < 1.29 is 9.53 Å². The van der Waals surface area contributed by atoms with Crippen LogP contribution < -0.4 is 0 Å². The Morgan fingerprint density at radius 1 is 1.69 bits per heavy atom. The van der Waals surface area contributed by atoms with Gasteiger partial charge >= 0.3 is 5.97 Å². The topological polar surface area (TPSA) is 39.2 Å². The molecule has 13 heavy (non-hydrogen) atoms. The number of fused-ring (bicyclic) bond motifs is 1. The van der Waals surface area contributed by atoms with Crippen LogP contribution in [0.3, 0.4) is 0 Å². The lowest BCUT2D eigenvalue weighted by molar-refractivity contribution is -0.142. The molecule has 0 bridgehead atoms. The number of pyridine rings is 1. The Morgan fingerprint density at radius 3 is 3.31 bits per heavy atom. The third-order valence-electron chi connectivity index (χ3n) is 2.51. The van der Waals surface area contributed by atoms with Gasteiger partial charge in [0.05, 0.1) is 13.0 Å². The summed E-state index contributed by atoms with van der Waals surface area (Å²) >= 11 is 0. The molecule has 1 aliphatic carbocycles. The molecule has 0 saturated carbocycles. The number of methoxy groups -OCH3 is 1. The van der Waals surface area contributed by atoms with Crippen LogP contribution in [0.25, 0.3) is 0 Å². The quantitative estimate of drug-likeness (QED) is 0.607. The molecule has 1 aliphatic rings. The van der Waals surface area contributed by atoms with E-state index in [0.29, 0.717) is 0 Å². The second-order valence-electron chi connectivity index (χ2n) is 3.19. The van der Waals surface area contributed by atoms with Crippen molar-refractivity contribution in [1.29, 1.82) is 0 Å². The molecule has 2 rings (SSSR count). The molecule has 1 aromatic rings. The molecule has 1 atom stereocenters. The molecular formula is C10H11NO2. The van der Waals surface area contributed by atoms with Gasteiger partial charge in [0.1, 0.15) is 0 Å². The second-order valence-corrected chi connectivity index (χ2v) is 3.19. The van der Waals surface area contributed by atoms with Gasteiger partial charge in [-0.3, -0.25) is 9.78 Å². The van der Waals surface area contributed by atoms with E-state index in [1.54, 1.807) is 12.4 Å². The van der Waals surface area contributed by atoms with Crippen LogP contribution >= 0.6 is 0 Å². The Bertz CT molecular complexity index is 335. The van der Waals surface area contributed by atoms with Gasteiger partial charge in [0, 0.05) is 12.4 Å². The average molecular weight is 177 g/mol. The zero-order valence-corrected chi connectivity index (χ0v) is 7.49. The molecule has 0 N–H and O–H groups in total. The molecule has 1 heterocycles. The average Bonchev–Trinajstić information content (AvgIpc) is 2.60. The van der Waals surface area contributed by atoms with Crippen LogP contribution in [-0.2, 0) is 16.0 Å². The van der Waals surface area contributed by atoms with Gasteiger partial charge in [-0.2, -0.15) is 0 Å². The SMILES string of the molecule is COC(=O)C1CCc2ccncc21. The highest BCUT2D eigenvalue weighted by molar-refractivity contribution is 5.79. The highest BCUT2D eigenvalue weighted by atomic mass is 16.5. The number of aromatic nitrogens is 1. The van der Waals surface area contributed by atoms with Gasteiger partial charge in [0.15, 0.2) is 0 Å². The number of hydrogen-bond acceptors (Lipinski definition) is 3. The highest BCUT2D eigenvalue weighted by Crippen LogP contribution is 2.32. The van der Waals surface area contributed by atoms with Crippen molar-refractivity contribution in [2.75, 3.05) is 7.11 Å². The van der Waals surface area contributed by atoms with Gasteiger partial charge in [-0.05, 0) is 30.0 Å². The van der Waals surface area contributed by atoms with Crippen molar-refractivity contribution >= 4 is 5.97 Å². The van der Waals surface area contributed by atoms with Gasteiger partial charge in [-0.25, -0.2) is 0 Å². The normalized spacial score (nSPS) is 19.6. The summed E-state index contributed by atoms with van der Waals surface area (Å²) in [5, 5.41) is 0. The molecule has 0 aromatic carbocycles. The van der Waals surface area contributed by atoms with E-state index in [-0.39, 0.29) is 11.9 Å². The fourth-order valence-corrected chi connectivity index (χ4v) is 1.82. The van der Waals surface area contributed by atoms with E-state index < -0.39 is 0 Å². The third-order valence-corrected chi connectivity index (χ3v) is 2.51. The maximum absolute atomic E-state index is 11.3. The summed E-state index contributed by atoms with van der Waals surface area (Å²) < 4.78 is 4.72. The van der Waals surface area contributed by atoms with E-state index in [0.717, 1.165) is 18.4 Å². The number of hydrogen-bond donors (Lipinski definition) is 0. The van der Waals surface area contributed by atoms with Crippen molar-refractivity contribution in [3.05, 3.63) is 29.6 Å². The number of nitrogens with zero attached hydrogens (tertiary/aromatic N) is 1. The lowest BCUT2D eigenvalue weighted by atomic mass is 10.0. The zero-order chi connectivity index (χ0) is 9.26. The van der Waals surface area contributed by atoms with Gasteiger partial charge in [-0.1, -0.05) is 0 Å². The second kappa shape index (κ2) is 3.17. The Labute approximate surface area is 76.7 Å². The van der Waals surface area contributed by atoms with Crippen molar-refractivity contribution in [3.8, 4) is 0 Å². The largest absolute Gasteiger partial charge is 0.469 e. The van der Waals surface area contributed by atoms with Crippen LogP contribution in [0.1, 0.15) is 23.5 Å². The van der Waals surface area contributed by atoms with Crippen LogP contribution in [0.15, 0.2) is 18.5 Å². The summed E-state index contributed by atoms with van der Waals surface area (Å²) in [6.45, 7) is 0. The Hall–Kier alpha value is -1.38. The molecule has 68 valence electrons. The number of rotatable bonds is 1. The molecule has 0 amide bonds. The van der Waals surface area contributed by atoms with Crippen LogP contribution in [0.4, 0.5) is 0 Å². The first-order chi connectivity index (χ1) is 6.33. The lowest BCUT2D eigenvalue weighted by Crippen LogP contribution is -2.11. The van der Waals surface area contributed by atoms with Crippen molar-refractivity contribution in [1.82, 2.24) is 4.98 Å². The first-order valence-electron chi connectivity index (χ1n) is 4.33. The minimum Gasteiger partial charge on any atom is -0.469 e. The van der Waals surface area contributed by atoms with E-state index >= 15 is 0 Å². The summed E-state index contributed by atoms with van der Waals surface area (Å²) in [6.07, 6.45) is 5.34. The molecule has 0 aliphatic heterocycles. The number of carbonyl (C=O) groups is 1. The fourth-order valence-electron chi connectivity index (χ4n) is 1.82. The monoisotopic (exact) mass is 177 g/mol. The minimum atomic E-state index is -0.147. The van der Waals surface area contributed by atoms with Crippen molar-refractivity contribution in [2.45, 2.75) is 18.8 Å². The Kier molecular flexibility index (Phi) is 2.00. The predicted octanol–water partition coefficient (Wildman–Crippen LogP) is 1.28. The molecule has 1 aromatic heterocycles. The van der Waals surface area contributed by atoms with E-state index in [9.17, 15) is 4.79 Å². The summed E-state index contributed by atoms with van der Waals surface area (Å²) in [4.78, 5) is 15.3. The number of ether oxygens (including phenoxy) is 1. The fraction of sp³-hybridized carbons (Fsp3) is 0.400. The molecule has 0 saturated heterocycles. The van der Waals surface area contributed by atoms with Crippen LogP contribution in [0, 0.1) is 0 Å². The van der Waals surface area contributed by atoms with E-state index in [4.69, 9.17) is 4.74 Å². The molecule has 0 fully saturated rings. The van der Waals surface area contributed by atoms with Gasteiger partial charge in [0.2, 0.25) is 0 Å². The molecule has 0 radical (unpaired) electrons. The van der Waals surface area contributed by atoms with Crippen molar-refractivity contribution in [2.24, 2.45) is 0 Å². The smallest absolute Gasteiger partial charge is 0.313 e. The maximum Gasteiger partial charge on any atom is 0.313 e. The minimum absolute atomic E-state index is 0.0892. The van der Waals surface area contributed by atoms with Gasteiger partial charge in [-0.15, -0.1) is 0 Å². The predicted molar refractivity (Wildman–Crippen MR) is 47.3 cm³/mol. The van der Waals surface area contributed by atoms with Gasteiger partial charge in [0.25, 0.3) is 0 Å². The highest BCUT2D eigenvalue weighted by Gasteiger charge is 2.29. The van der Waals surface area contributed by atoms with Crippen LogP contribution in [-0.4, -0.2) is 18.1 Å². The zero-order valence-electron chi connectivity index (χ0n) is 7.49. The van der Waals surface area contributed by atoms with E-state index in [1.165, 1.54) is 12.7 Å². The Balaban J connectivity index is 2.33. The molecular weight excluding hydrogens is 166 g/mol. The maximum atomic E-state index is 11.3.